The lowest BCUT2D eigenvalue weighted by molar-refractivity contribution is 0.805. The quantitative estimate of drug-likeness (QED) is 0.827. The van der Waals surface area contributed by atoms with E-state index >= 15 is 0 Å². The molecule has 94 valence electrons. The van der Waals surface area contributed by atoms with E-state index in [-0.39, 0.29) is 0 Å². The molecule has 0 aliphatic carbocycles. The lowest BCUT2D eigenvalue weighted by Gasteiger charge is -2.15. The fourth-order valence-electron chi connectivity index (χ4n) is 2.25. The van der Waals surface area contributed by atoms with Crippen LogP contribution in [0.1, 0.15) is 29.5 Å². The molecular weight excluding hydrogens is 218 g/mol. The van der Waals surface area contributed by atoms with Crippen LogP contribution in [0.4, 0.5) is 5.69 Å². The molecule has 2 aromatic carbocycles. The summed E-state index contributed by atoms with van der Waals surface area (Å²) in [6.07, 6.45) is 0. The topological polar surface area (TPSA) is 12.0 Å². The normalized spacial score (nSPS) is 12.2. The molecule has 0 bridgehead atoms. The first kappa shape index (κ1) is 12.7. The third-order valence-electron chi connectivity index (χ3n) is 3.20. The monoisotopic (exact) mass is 239 g/mol. The molecule has 0 aliphatic heterocycles. The van der Waals surface area contributed by atoms with E-state index in [1.54, 1.807) is 0 Å². The number of benzene rings is 2. The van der Waals surface area contributed by atoms with Crippen molar-refractivity contribution in [1.29, 1.82) is 0 Å². The molecule has 2 rings (SSSR count). The van der Waals surface area contributed by atoms with Crippen molar-refractivity contribution in [2.75, 3.05) is 11.9 Å². The van der Waals surface area contributed by atoms with Crippen LogP contribution < -0.4 is 5.32 Å². The minimum absolute atomic E-state index is 0.520. The largest absolute Gasteiger partial charge is 0.384 e. The Kier molecular flexibility index (Phi) is 4.03. The molecular formula is C17H21N. The summed E-state index contributed by atoms with van der Waals surface area (Å²) in [5, 5.41) is 3.52. The molecule has 0 heterocycles. The van der Waals surface area contributed by atoms with Crippen LogP contribution in [0.5, 0.6) is 0 Å². The first-order valence-electron chi connectivity index (χ1n) is 6.52. The molecule has 0 aromatic heterocycles. The highest BCUT2D eigenvalue weighted by atomic mass is 14.9. The summed E-state index contributed by atoms with van der Waals surface area (Å²) in [6, 6.07) is 17.2. The summed E-state index contributed by atoms with van der Waals surface area (Å²) in [4.78, 5) is 0. The van der Waals surface area contributed by atoms with E-state index in [0.29, 0.717) is 5.92 Å². The van der Waals surface area contributed by atoms with Crippen molar-refractivity contribution in [2.24, 2.45) is 0 Å². The van der Waals surface area contributed by atoms with Gasteiger partial charge in [-0.05, 0) is 48.6 Å². The van der Waals surface area contributed by atoms with Gasteiger partial charge < -0.3 is 5.32 Å². The summed E-state index contributed by atoms with van der Waals surface area (Å²) >= 11 is 0. The molecule has 2 aromatic rings. The summed E-state index contributed by atoms with van der Waals surface area (Å²) in [5.41, 5.74) is 5.22. The number of hydrogen-bond acceptors (Lipinski definition) is 1. The van der Waals surface area contributed by atoms with Gasteiger partial charge >= 0.3 is 0 Å². The van der Waals surface area contributed by atoms with Crippen molar-refractivity contribution in [1.82, 2.24) is 0 Å². The lowest BCUT2D eigenvalue weighted by atomic mass is 10.0. The van der Waals surface area contributed by atoms with Gasteiger partial charge in [0.2, 0.25) is 0 Å². The van der Waals surface area contributed by atoms with E-state index in [2.05, 4.69) is 74.6 Å². The SMILES string of the molecule is Cc1cc(C)cc(NCC(C)c2ccccc2)c1. The Bertz CT molecular complexity index is 482. The van der Waals surface area contributed by atoms with Crippen molar-refractivity contribution in [2.45, 2.75) is 26.7 Å². The van der Waals surface area contributed by atoms with Crippen molar-refractivity contribution in [3.8, 4) is 0 Å². The van der Waals surface area contributed by atoms with E-state index in [9.17, 15) is 0 Å². The maximum Gasteiger partial charge on any atom is 0.0345 e. The summed E-state index contributed by atoms with van der Waals surface area (Å²) < 4.78 is 0. The van der Waals surface area contributed by atoms with Crippen LogP contribution in [0.25, 0.3) is 0 Å². The van der Waals surface area contributed by atoms with Gasteiger partial charge in [-0.1, -0.05) is 43.3 Å². The Morgan fingerprint density at radius 3 is 2.17 bits per heavy atom. The van der Waals surface area contributed by atoms with Crippen LogP contribution in [0, 0.1) is 13.8 Å². The highest BCUT2D eigenvalue weighted by molar-refractivity contribution is 5.48. The molecule has 1 heteroatoms. The molecule has 1 N–H and O–H groups in total. The fourth-order valence-corrected chi connectivity index (χ4v) is 2.25. The first-order valence-corrected chi connectivity index (χ1v) is 6.52. The van der Waals surface area contributed by atoms with Crippen molar-refractivity contribution >= 4 is 5.69 Å². The Hall–Kier alpha value is -1.76. The van der Waals surface area contributed by atoms with E-state index in [1.807, 2.05) is 0 Å². The van der Waals surface area contributed by atoms with Crippen LogP contribution in [0.15, 0.2) is 48.5 Å². The number of rotatable bonds is 4. The smallest absolute Gasteiger partial charge is 0.0345 e. The molecule has 1 atom stereocenters. The van der Waals surface area contributed by atoms with Crippen LogP contribution >= 0.6 is 0 Å². The van der Waals surface area contributed by atoms with E-state index in [1.165, 1.54) is 22.4 Å². The van der Waals surface area contributed by atoms with Crippen molar-refractivity contribution in [3.05, 3.63) is 65.2 Å². The van der Waals surface area contributed by atoms with Crippen LogP contribution in [-0.2, 0) is 0 Å². The molecule has 1 unspecified atom stereocenters. The second kappa shape index (κ2) is 5.72. The Labute approximate surface area is 110 Å². The molecule has 0 radical (unpaired) electrons. The average molecular weight is 239 g/mol. The van der Waals surface area contributed by atoms with E-state index in [0.717, 1.165) is 6.54 Å². The third kappa shape index (κ3) is 3.36. The number of anilines is 1. The average Bonchev–Trinajstić information content (AvgIpc) is 2.36. The van der Waals surface area contributed by atoms with E-state index in [4.69, 9.17) is 0 Å². The number of aryl methyl sites for hydroxylation is 2. The van der Waals surface area contributed by atoms with Crippen molar-refractivity contribution < 1.29 is 0 Å². The summed E-state index contributed by atoms with van der Waals surface area (Å²) in [5.74, 6) is 0.520. The molecule has 0 spiro atoms. The summed E-state index contributed by atoms with van der Waals surface area (Å²) in [6.45, 7) is 7.50. The minimum Gasteiger partial charge on any atom is -0.384 e. The van der Waals surface area contributed by atoms with Gasteiger partial charge in [-0.25, -0.2) is 0 Å². The molecule has 1 nitrogen and oxygen atoms in total. The maximum atomic E-state index is 3.52. The molecule has 0 saturated carbocycles. The Balaban J connectivity index is 1.99. The van der Waals surface area contributed by atoms with Gasteiger partial charge in [-0.15, -0.1) is 0 Å². The highest BCUT2D eigenvalue weighted by Gasteiger charge is 2.04. The van der Waals surface area contributed by atoms with Gasteiger partial charge in [-0.3, -0.25) is 0 Å². The van der Waals surface area contributed by atoms with E-state index < -0.39 is 0 Å². The number of hydrogen-bond donors (Lipinski definition) is 1. The summed E-state index contributed by atoms with van der Waals surface area (Å²) in [7, 11) is 0. The first-order chi connectivity index (χ1) is 8.65. The lowest BCUT2D eigenvalue weighted by Crippen LogP contribution is -2.09. The second-order valence-corrected chi connectivity index (χ2v) is 5.07. The van der Waals surface area contributed by atoms with Gasteiger partial charge in [0.15, 0.2) is 0 Å². The Morgan fingerprint density at radius 2 is 1.56 bits per heavy atom. The van der Waals surface area contributed by atoms with Crippen molar-refractivity contribution in [3.63, 3.8) is 0 Å². The van der Waals surface area contributed by atoms with Gasteiger partial charge in [0.05, 0.1) is 0 Å². The van der Waals surface area contributed by atoms with Gasteiger partial charge in [0.1, 0.15) is 0 Å². The van der Waals surface area contributed by atoms with Gasteiger partial charge in [-0.2, -0.15) is 0 Å². The fraction of sp³-hybridized carbons (Fsp3) is 0.294. The second-order valence-electron chi connectivity index (χ2n) is 5.07. The highest BCUT2D eigenvalue weighted by Crippen LogP contribution is 2.18. The predicted molar refractivity (Wildman–Crippen MR) is 79.3 cm³/mol. The zero-order chi connectivity index (χ0) is 13.0. The third-order valence-corrected chi connectivity index (χ3v) is 3.20. The minimum atomic E-state index is 0.520. The van der Waals surface area contributed by atoms with Crippen LogP contribution in [-0.4, -0.2) is 6.54 Å². The molecule has 0 saturated heterocycles. The van der Waals surface area contributed by atoms with Gasteiger partial charge in [0.25, 0.3) is 0 Å². The zero-order valence-electron chi connectivity index (χ0n) is 11.4. The van der Waals surface area contributed by atoms with Crippen LogP contribution in [0.2, 0.25) is 0 Å². The standard InChI is InChI=1S/C17H21N/c1-13-9-14(2)11-17(10-13)18-12-15(3)16-7-5-4-6-8-16/h4-11,15,18H,12H2,1-3H3. The number of nitrogens with one attached hydrogen (secondary N) is 1. The maximum absolute atomic E-state index is 3.52. The zero-order valence-corrected chi connectivity index (χ0v) is 11.4. The van der Waals surface area contributed by atoms with Crippen LogP contribution in [0.3, 0.4) is 0 Å². The molecule has 0 amide bonds. The van der Waals surface area contributed by atoms with Gasteiger partial charge in [0, 0.05) is 12.2 Å². The molecule has 0 fully saturated rings. The Morgan fingerprint density at radius 1 is 0.944 bits per heavy atom. The predicted octanol–water partition coefficient (Wildman–Crippen LogP) is 4.52. The molecule has 18 heavy (non-hydrogen) atoms. The molecule has 0 aliphatic rings.